The van der Waals surface area contributed by atoms with Gasteiger partial charge in [-0.3, -0.25) is 9.69 Å². The minimum Gasteiger partial charge on any atom is -0.366 e. The fourth-order valence-electron chi connectivity index (χ4n) is 2.80. The molecule has 18 heavy (non-hydrogen) atoms. The van der Waals surface area contributed by atoms with Gasteiger partial charge in [-0.2, -0.15) is 0 Å². The van der Waals surface area contributed by atoms with E-state index in [-0.39, 0.29) is 5.91 Å². The number of likely N-dealkylation sites (tertiary alicyclic amines) is 1. The van der Waals surface area contributed by atoms with Gasteiger partial charge in [0.1, 0.15) is 0 Å². The van der Waals surface area contributed by atoms with Gasteiger partial charge in [-0.05, 0) is 50.9 Å². The van der Waals surface area contributed by atoms with E-state index < -0.39 is 0 Å². The van der Waals surface area contributed by atoms with Gasteiger partial charge in [0.15, 0.2) is 0 Å². The molecule has 1 unspecified atom stereocenters. The largest absolute Gasteiger partial charge is 0.366 e. The van der Waals surface area contributed by atoms with Crippen LogP contribution in [0.25, 0.3) is 0 Å². The van der Waals surface area contributed by atoms with E-state index in [1.165, 1.54) is 31.4 Å². The molecule has 1 heterocycles. The van der Waals surface area contributed by atoms with Gasteiger partial charge < -0.3 is 5.73 Å². The minimum atomic E-state index is -0.356. The van der Waals surface area contributed by atoms with Crippen LogP contribution >= 0.6 is 0 Å². The van der Waals surface area contributed by atoms with Gasteiger partial charge in [0.05, 0.1) is 0 Å². The summed E-state index contributed by atoms with van der Waals surface area (Å²) < 4.78 is 0. The molecule has 0 bridgehead atoms. The summed E-state index contributed by atoms with van der Waals surface area (Å²) in [6, 6.07) is 8.82. The van der Waals surface area contributed by atoms with Crippen LogP contribution in [-0.4, -0.2) is 23.4 Å². The van der Waals surface area contributed by atoms with Crippen molar-refractivity contribution in [3.63, 3.8) is 0 Å². The number of carbonyl (C=O) groups excluding carboxylic acids is 1. The lowest BCUT2D eigenvalue weighted by atomic mass is 9.93. The molecule has 2 N–H and O–H groups in total. The zero-order chi connectivity index (χ0) is 13.1. The lowest BCUT2D eigenvalue weighted by Gasteiger charge is -2.39. The topological polar surface area (TPSA) is 46.3 Å². The van der Waals surface area contributed by atoms with Crippen molar-refractivity contribution in [2.24, 2.45) is 5.73 Å². The SMILES string of the molecule is CC(C)N1CCCCC1c1ccc(C(N)=O)cc1. The molecule has 0 aromatic heterocycles. The minimum absolute atomic E-state index is 0.356. The molecule has 1 atom stereocenters. The normalized spacial score (nSPS) is 21.2. The highest BCUT2D eigenvalue weighted by Gasteiger charge is 2.25. The third kappa shape index (κ3) is 2.72. The van der Waals surface area contributed by atoms with E-state index in [1.54, 1.807) is 0 Å². The standard InChI is InChI=1S/C15H22N2O/c1-11(2)17-10-4-3-5-14(17)12-6-8-13(9-7-12)15(16)18/h6-9,11,14H,3-5,10H2,1-2H3,(H2,16,18). The van der Waals surface area contributed by atoms with Crippen molar-refractivity contribution in [3.8, 4) is 0 Å². The molecule has 1 saturated heterocycles. The van der Waals surface area contributed by atoms with Gasteiger partial charge in [-0.1, -0.05) is 18.6 Å². The quantitative estimate of drug-likeness (QED) is 0.891. The first-order valence-corrected chi connectivity index (χ1v) is 6.75. The Bertz CT molecular complexity index is 411. The number of hydrogen-bond donors (Lipinski definition) is 1. The van der Waals surface area contributed by atoms with E-state index in [0.717, 1.165) is 0 Å². The Kier molecular flexibility index (Phi) is 4.02. The number of carbonyl (C=O) groups is 1. The van der Waals surface area contributed by atoms with Crippen LogP contribution in [-0.2, 0) is 0 Å². The van der Waals surface area contributed by atoms with E-state index in [4.69, 9.17) is 5.73 Å². The number of benzene rings is 1. The van der Waals surface area contributed by atoms with Gasteiger partial charge in [-0.25, -0.2) is 0 Å². The molecule has 98 valence electrons. The molecule has 0 aliphatic carbocycles. The van der Waals surface area contributed by atoms with E-state index in [0.29, 0.717) is 17.6 Å². The molecule has 1 aliphatic rings. The molecular weight excluding hydrogens is 224 g/mol. The lowest BCUT2D eigenvalue weighted by molar-refractivity contribution is 0.0999. The van der Waals surface area contributed by atoms with Crippen LogP contribution in [0.4, 0.5) is 0 Å². The Balaban J connectivity index is 2.20. The molecule has 1 aliphatic heterocycles. The van der Waals surface area contributed by atoms with Crippen molar-refractivity contribution in [2.45, 2.75) is 45.2 Å². The first-order chi connectivity index (χ1) is 8.59. The van der Waals surface area contributed by atoms with Crippen LogP contribution in [0.15, 0.2) is 24.3 Å². The number of amides is 1. The second kappa shape index (κ2) is 5.53. The number of nitrogens with two attached hydrogens (primary N) is 1. The highest BCUT2D eigenvalue weighted by Crippen LogP contribution is 2.32. The van der Waals surface area contributed by atoms with Crippen molar-refractivity contribution >= 4 is 5.91 Å². The summed E-state index contributed by atoms with van der Waals surface area (Å²) in [5.41, 5.74) is 7.16. The summed E-state index contributed by atoms with van der Waals surface area (Å²) in [5, 5.41) is 0. The zero-order valence-electron chi connectivity index (χ0n) is 11.2. The molecule has 1 amide bonds. The Labute approximate surface area is 109 Å². The van der Waals surface area contributed by atoms with Crippen LogP contribution < -0.4 is 5.73 Å². The second-order valence-corrected chi connectivity index (χ2v) is 5.33. The molecule has 0 saturated carbocycles. The van der Waals surface area contributed by atoms with E-state index >= 15 is 0 Å². The molecule has 1 aromatic rings. The molecule has 1 aromatic carbocycles. The summed E-state index contributed by atoms with van der Waals surface area (Å²) in [5.74, 6) is -0.356. The molecule has 3 heteroatoms. The van der Waals surface area contributed by atoms with Crippen LogP contribution in [0.3, 0.4) is 0 Å². The summed E-state index contributed by atoms with van der Waals surface area (Å²) in [7, 11) is 0. The molecule has 2 rings (SSSR count). The maximum atomic E-state index is 11.1. The monoisotopic (exact) mass is 246 g/mol. The summed E-state index contributed by atoms with van der Waals surface area (Å²) in [6.45, 7) is 5.66. The zero-order valence-corrected chi connectivity index (χ0v) is 11.2. The highest BCUT2D eigenvalue weighted by molar-refractivity contribution is 5.92. The maximum absolute atomic E-state index is 11.1. The van der Waals surface area contributed by atoms with Crippen LogP contribution in [0, 0.1) is 0 Å². The highest BCUT2D eigenvalue weighted by atomic mass is 16.1. The number of rotatable bonds is 3. The van der Waals surface area contributed by atoms with E-state index in [2.05, 4.69) is 18.7 Å². The fourth-order valence-corrected chi connectivity index (χ4v) is 2.80. The third-order valence-corrected chi connectivity index (χ3v) is 3.79. The fraction of sp³-hybridized carbons (Fsp3) is 0.533. The Morgan fingerprint density at radius 1 is 1.28 bits per heavy atom. The predicted octanol–water partition coefficient (Wildman–Crippen LogP) is 2.72. The van der Waals surface area contributed by atoms with Crippen molar-refractivity contribution in [1.82, 2.24) is 4.90 Å². The molecule has 1 fully saturated rings. The number of primary amides is 1. The predicted molar refractivity (Wildman–Crippen MR) is 73.4 cm³/mol. The first-order valence-electron chi connectivity index (χ1n) is 6.75. The summed E-state index contributed by atoms with van der Waals surface area (Å²) in [6.07, 6.45) is 3.77. The number of nitrogens with zero attached hydrogens (tertiary/aromatic N) is 1. The van der Waals surface area contributed by atoms with Crippen molar-refractivity contribution < 1.29 is 4.79 Å². The molecule has 0 radical (unpaired) electrons. The van der Waals surface area contributed by atoms with Gasteiger partial charge in [0.2, 0.25) is 5.91 Å². The smallest absolute Gasteiger partial charge is 0.248 e. The van der Waals surface area contributed by atoms with Crippen molar-refractivity contribution in [1.29, 1.82) is 0 Å². The van der Waals surface area contributed by atoms with Gasteiger partial charge >= 0.3 is 0 Å². The van der Waals surface area contributed by atoms with Crippen molar-refractivity contribution in [3.05, 3.63) is 35.4 Å². The molecule has 3 nitrogen and oxygen atoms in total. The average Bonchev–Trinajstić information content (AvgIpc) is 2.39. The molecule has 0 spiro atoms. The van der Waals surface area contributed by atoms with Crippen LogP contribution in [0.2, 0.25) is 0 Å². The average molecular weight is 246 g/mol. The van der Waals surface area contributed by atoms with Crippen LogP contribution in [0.5, 0.6) is 0 Å². The first kappa shape index (κ1) is 13.1. The van der Waals surface area contributed by atoms with E-state index in [1.807, 2.05) is 24.3 Å². The maximum Gasteiger partial charge on any atom is 0.248 e. The number of piperidine rings is 1. The van der Waals surface area contributed by atoms with E-state index in [9.17, 15) is 4.79 Å². The second-order valence-electron chi connectivity index (χ2n) is 5.33. The van der Waals surface area contributed by atoms with Crippen LogP contribution in [0.1, 0.15) is 55.1 Å². The van der Waals surface area contributed by atoms with Gasteiger partial charge in [0, 0.05) is 17.6 Å². The van der Waals surface area contributed by atoms with Crippen molar-refractivity contribution in [2.75, 3.05) is 6.54 Å². The number of hydrogen-bond acceptors (Lipinski definition) is 2. The van der Waals surface area contributed by atoms with Gasteiger partial charge in [-0.15, -0.1) is 0 Å². The third-order valence-electron chi connectivity index (χ3n) is 3.79. The van der Waals surface area contributed by atoms with Gasteiger partial charge in [0.25, 0.3) is 0 Å². The molecular formula is C15H22N2O. The summed E-state index contributed by atoms with van der Waals surface area (Å²) in [4.78, 5) is 13.6. The summed E-state index contributed by atoms with van der Waals surface area (Å²) >= 11 is 0. The Morgan fingerprint density at radius 3 is 2.50 bits per heavy atom. The Morgan fingerprint density at radius 2 is 1.94 bits per heavy atom. The lowest BCUT2D eigenvalue weighted by Crippen LogP contribution is -2.38. The Hall–Kier alpha value is -1.35.